The summed E-state index contributed by atoms with van der Waals surface area (Å²) in [4.78, 5) is 23.9. The molecule has 0 heterocycles. The first-order valence-corrected chi connectivity index (χ1v) is 9.01. The van der Waals surface area contributed by atoms with Crippen LogP contribution in [0.4, 0.5) is 0 Å². The van der Waals surface area contributed by atoms with E-state index in [0.29, 0.717) is 10.8 Å². The van der Waals surface area contributed by atoms with E-state index in [0.717, 1.165) is 16.0 Å². The van der Waals surface area contributed by atoms with Crippen LogP contribution in [0.15, 0.2) is 52.5 Å². The van der Waals surface area contributed by atoms with Crippen molar-refractivity contribution in [1.29, 1.82) is 0 Å². The van der Waals surface area contributed by atoms with Gasteiger partial charge in [-0.3, -0.25) is 9.59 Å². The predicted molar refractivity (Wildman–Crippen MR) is 100 cm³/mol. The zero-order valence-electron chi connectivity index (χ0n) is 13.8. The number of nitrogens with one attached hydrogen (secondary N) is 1. The molecule has 2 rings (SSSR count). The number of carbonyl (C=O) groups is 2. The summed E-state index contributed by atoms with van der Waals surface area (Å²) in [5.41, 5.74) is 4.12. The summed E-state index contributed by atoms with van der Waals surface area (Å²) in [5, 5.41) is 4.53. The van der Waals surface area contributed by atoms with Crippen LogP contribution in [0.25, 0.3) is 0 Å². The highest BCUT2D eigenvalue weighted by Crippen LogP contribution is 2.24. The van der Waals surface area contributed by atoms with E-state index in [9.17, 15) is 9.59 Å². The Balaban J connectivity index is 1.92. The Morgan fingerprint density at radius 2 is 1.96 bits per heavy atom. The molecule has 2 aromatic rings. The molecule has 1 N–H and O–H groups in total. The van der Waals surface area contributed by atoms with E-state index in [1.54, 1.807) is 48.2 Å². The third kappa shape index (κ3) is 6.25. The molecule has 5 nitrogen and oxygen atoms in total. The fraction of sp³-hybridized carbons (Fsp3) is 0.167. The number of nitrogens with zero attached hydrogens (tertiary/aromatic N) is 1. The van der Waals surface area contributed by atoms with E-state index >= 15 is 0 Å². The fourth-order valence-electron chi connectivity index (χ4n) is 2.06. The normalized spacial score (nSPS) is 10.7. The Morgan fingerprint density at radius 3 is 2.60 bits per heavy atom. The Morgan fingerprint density at radius 1 is 1.24 bits per heavy atom. The quantitative estimate of drug-likeness (QED) is 0.274. The van der Waals surface area contributed by atoms with Gasteiger partial charge in [0.2, 0.25) is 5.91 Å². The maximum absolute atomic E-state index is 12.0. The highest BCUT2D eigenvalue weighted by molar-refractivity contribution is 7.98. The first kappa shape index (κ1) is 19.0. The van der Waals surface area contributed by atoms with Gasteiger partial charge >= 0.3 is 5.97 Å². The summed E-state index contributed by atoms with van der Waals surface area (Å²) < 4.78 is 4.94. The van der Waals surface area contributed by atoms with Crippen LogP contribution >= 0.6 is 23.4 Å². The third-order valence-corrected chi connectivity index (χ3v) is 4.21. The maximum atomic E-state index is 12.0. The lowest BCUT2D eigenvalue weighted by Crippen LogP contribution is -2.20. The topological polar surface area (TPSA) is 67.8 Å². The highest BCUT2D eigenvalue weighted by Gasteiger charge is 2.08. The molecule has 0 aliphatic rings. The molecule has 0 bridgehead atoms. The van der Waals surface area contributed by atoms with Crippen molar-refractivity contribution in [2.75, 3.05) is 6.26 Å². The number of hydrazone groups is 1. The SMILES string of the molecule is CSc1ccc(Cl)cc1CC(=O)N/N=C\c1ccc(OC(C)=O)cc1. The minimum Gasteiger partial charge on any atom is -0.427 e. The van der Waals surface area contributed by atoms with Gasteiger partial charge in [0, 0.05) is 16.8 Å². The minimum absolute atomic E-state index is 0.194. The van der Waals surface area contributed by atoms with Gasteiger partial charge in [0.1, 0.15) is 5.75 Å². The highest BCUT2D eigenvalue weighted by atomic mass is 35.5. The molecule has 0 saturated carbocycles. The summed E-state index contributed by atoms with van der Waals surface area (Å²) in [7, 11) is 0. The molecule has 1 amide bonds. The van der Waals surface area contributed by atoms with Gasteiger partial charge in [-0.05, 0) is 59.8 Å². The lowest BCUT2D eigenvalue weighted by atomic mass is 10.1. The van der Waals surface area contributed by atoms with Crippen LogP contribution in [-0.4, -0.2) is 24.3 Å². The lowest BCUT2D eigenvalue weighted by molar-refractivity contribution is -0.131. The predicted octanol–water partition coefficient (Wildman–Crippen LogP) is 3.68. The number of hydrogen-bond acceptors (Lipinski definition) is 5. The van der Waals surface area contributed by atoms with E-state index in [1.165, 1.54) is 13.1 Å². The number of halogens is 1. The molecule has 0 spiro atoms. The first-order chi connectivity index (χ1) is 12.0. The van der Waals surface area contributed by atoms with E-state index in [1.807, 2.05) is 12.3 Å². The van der Waals surface area contributed by atoms with Crippen molar-refractivity contribution in [1.82, 2.24) is 5.43 Å². The van der Waals surface area contributed by atoms with Crippen LogP contribution in [0.5, 0.6) is 5.75 Å². The monoisotopic (exact) mass is 376 g/mol. The molecular weight excluding hydrogens is 360 g/mol. The van der Waals surface area contributed by atoms with Gasteiger partial charge in [0.05, 0.1) is 12.6 Å². The van der Waals surface area contributed by atoms with Crippen molar-refractivity contribution < 1.29 is 14.3 Å². The van der Waals surface area contributed by atoms with Crippen LogP contribution in [0.3, 0.4) is 0 Å². The summed E-state index contributed by atoms with van der Waals surface area (Å²) in [5.74, 6) is -0.149. The number of esters is 1. The first-order valence-electron chi connectivity index (χ1n) is 7.40. The minimum atomic E-state index is -0.376. The summed E-state index contributed by atoms with van der Waals surface area (Å²) >= 11 is 7.54. The second-order valence-electron chi connectivity index (χ2n) is 5.09. The van der Waals surface area contributed by atoms with Gasteiger partial charge in [-0.1, -0.05) is 11.6 Å². The largest absolute Gasteiger partial charge is 0.427 e. The van der Waals surface area contributed by atoms with Crippen LogP contribution < -0.4 is 10.2 Å². The molecule has 7 heteroatoms. The molecule has 0 fully saturated rings. The van der Waals surface area contributed by atoms with Gasteiger partial charge in [-0.15, -0.1) is 11.8 Å². The van der Waals surface area contributed by atoms with Crippen molar-refractivity contribution in [3.8, 4) is 5.75 Å². The number of ether oxygens (including phenoxy) is 1. The molecular formula is C18H17ClN2O3S. The van der Waals surface area contributed by atoms with Crippen LogP contribution in [0.1, 0.15) is 18.1 Å². The molecule has 0 aliphatic carbocycles. The zero-order valence-corrected chi connectivity index (χ0v) is 15.4. The number of carbonyl (C=O) groups excluding carboxylic acids is 2. The molecule has 2 aromatic carbocycles. The van der Waals surface area contributed by atoms with Crippen LogP contribution in [0, 0.1) is 0 Å². The molecule has 0 radical (unpaired) electrons. The van der Waals surface area contributed by atoms with Crippen LogP contribution in [0.2, 0.25) is 5.02 Å². The standard InChI is InChI=1S/C18H17ClN2O3S/c1-12(22)24-16-6-3-13(4-7-16)11-20-21-18(23)10-14-9-15(19)5-8-17(14)25-2/h3-9,11H,10H2,1-2H3,(H,21,23)/b20-11-. The molecule has 0 unspecified atom stereocenters. The number of thioether (sulfide) groups is 1. The van der Waals surface area contributed by atoms with Crippen molar-refractivity contribution in [2.24, 2.45) is 5.10 Å². The number of amides is 1. The number of benzene rings is 2. The Bertz CT molecular complexity index is 791. The van der Waals surface area contributed by atoms with Crippen molar-refractivity contribution in [3.63, 3.8) is 0 Å². The molecule has 0 aliphatic heterocycles. The number of rotatable bonds is 6. The van der Waals surface area contributed by atoms with Crippen LogP contribution in [-0.2, 0) is 16.0 Å². The van der Waals surface area contributed by atoms with E-state index in [-0.39, 0.29) is 18.3 Å². The molecule has 0 saturated heterocycles. The third-order valence-electron chi connectivity index (χ3n) is 3.14. The average molecular weight is 377 g/mol. The summed E-state index contributed by atoms with van der Waals surface area (Å²) in [6.45, 7) is 1.34. The summed E-state index contributed by atoms with van der Waals surface area (Å²) in [6, 6.07) is 12.2. The Hall–Kier alpha value is -2.31. The fourth-order valence-corrected chi connectivity index (χ4v) is 2.86. The van der Waals surface area contributed by atoms with Gasteiger partial charge in [0.15, 0.2) is 0 Å². The number of hydrogen-bond donors (Lipinski definition) is 1. The zero-order chi connectivity index (χ0) is 18.2. The van der Waals surface area contributed by atoms with Gasteiger partial charge in [0.25, 0.3) is 0 Å². The molecule has 130 valence electrons. The van der Waals surface area contributed by atoms with Crippen molar-refractivity contribution in [2.45, 2.75) is 18.2 Å². The van der Waals surface area contributed by atoms with E-state index < -0.39 is 0 Å². The lowest BCUT2D eigenvalue weighted by Gasteiger charge is -2.07. The van der Waals surface area contributed by atoms with Gasteiger partial charge in [-0.25, -0.2) is 5.43 Å². The smallest absolute Gasteiger partial charge is 0.308 e. The van der Waals surface area contributed by atoms with Gasteiger partial charge in [-0.2, -0.15) is 5.10 Å². The Kier molecular flexibility index (Phi) is 7.03. The second-order valence-corrected chi connectivity index (χ2v) is 6.37. The molecule has 0 atom stereocenters. The van der Waals surface area contributed by atoms with Gasteiger partial charge < -0.3 is 4.74 Å². The second kappa shape index (κ2) is 9.25. The Labute approximate surface area is 155 Å². The van der Waals surface area contributed by atoms with Crippen molar-refractivity contribution >= 4 is 41.5 Å². The molecule has 25 heavy (non-hydrogen) atoms. The van der Waals surface area contributed by atoms with Crippen molar-refractivity contribution in [3.05, 3.63) is 58.6 Å². The van der Waals surface area contributed by atoms with E-state index in [2.05, 4.69) is 10.5 Å². The maximum Gasteiger partial charge on any atom is 0.308 e. The summed E-state index contributed by atoms with van der Waals surface area (Å²) in [6.07, 6.45) is 3.66. The molecule has 0 aromatic heterocycles. The average Bonchev–Trinajstić information content (AvgIpc) is 2.56. The van der Waals surface area contributed by atoms with E-state index in [4.69, 9.17) is 16.3 Å².